The summed E-state index contributed by atoms with van der Waals surface area (Å²) in [7, 11) is 0. The molecule has 1 amide bonds. The zero-order chi connectivity index (χ0) is 14.8. The van der Waals surface area contributed by atoms with Crippen molar-refractivity contribution in [3.8, 4) is 11.5 Å². The maximum absolute atomic E-state index is 12.2. The van der Waals surface area contributed by atoms with E-state index < -0.39 is 0 Å². The van der Waals surface area contributed by atoms with Crippen LogP contribution in [0.15, 0.2) is 30.3 Å². The van der Waals surface area contributed by atoms with Gasteiger partial charge in [-0.1, -0.05) is 13.0 Å². The fraction of sp³-hybridized carbons (Fsp3) is 0.312. The summed E-state index contributed by atoms with van der Waals surface area (Å²) < 4.78 is 10.7. The molecule has 0 aliphatic carbocycles. The summed E-state index contributed by atoms with van der Waals surface area (Å²) in [4.78, 5) is 14.2. The first-order valence-electron chi connectivity index (χ1n) is 6.96. The van der Waals surface area contributed by atoms with Gasteiger partial charge in [-0.25, -0.2) is 0 Å². The summed E-state index contributed by atoms with van der Waals surface area (Å²) in [5.74, 6) is 1.45. The summed E-state index contributed by atoms with van der Waals surface area (Å²) in [6, 6.07) is 9.54. The number of rotatable bonds is 4. The molecule has 0 saturated heterocycles. The van der Waals surface area contributed by atoms with Gasteiger partial charge in [-0.15, -0.1) is 11.3 Å². The topological polar surface area (TPSA) is 47.6 Å². The van der Waals surface area contributed by atoms with E-state index >= 15 is 0 Å². The van der Waals surface area contributed by atoms with E-state index in [9.17, 15) is 4.79 Å². The molecule has 1 atom stereocenters. The van der Waals surface area contributed by atoms with Crippen LogP contribution in [0.1, 0.15) is 40.0 Å². The monoisotopic (exact) mass is 303 g/mol. The number of nitrogens with one attached hydrogen (secondary N) is 1. The van der Waals surface area contributed by atoms with Crippen LogP contribution in [0, 0.1) is 0 Å². The van der Waals surface area contributed by atoms with E-state index in [1.54, 1.807) is 11.3 Å². The summed E-state index contributed by atoms with van der Waals surface area (Å²) in [6.45, 7) is 4.31. The molecule has 1 aromatic carbocycles. The molecule has 1 N–H and O–H groups in total. The Hall–Kier alpha value is -2.01. The van der Waals surface area contributed by atoms with Gasteiger partial charge in [0.2, 0.25) is 6.79 Å². The fourth-order valence-electron chi connectivity index (χ4n) is 2.22. The average molecular weight is 303 g/mol. The molecule has 0 fully saturated rings. The van der Waals surface area contributed by atoms with E-state index in [0.717, 1.165) is 28.4 Å². The average Bonchev–Trinajstić information content (AvgIpc) is 3.15. The second-order valence-corrected chi connectivity index (χ2v) is 6.10. The van der Waals surface area contributed by atoms with Crippen molar-refractivity contribution in [2.45, 2.75) is 26.3 Å². The lowest BCUT2D eigenvalue weighted by atomic mass is 10.1. The Morgan fingerprint density at radius 1 is 1.29 bits per heavy atom. The van der Waals surface area contributed by atoms with Crippen LogP contribution in [0.3, 0.4) is 0 Å². The fourth-order valence-corrected chi connectivity index (χ4v) is 3.07. The molecule has 0 spiro atoms. The Morgan fingerprint density at radius 2 is 2.10 bits per heavy atom. The van der Waals surface area contributed by atoms with E-state index in [-0.39, 0.29) is 18.7 Å². The minimum absolute atomic E-state index is 0.0372. The second kappa shape index (κ2) is 5.77. The van der Waals surface area contributed by atoms with E-state index in [1.165, 1.54) is 4.88 Å². The number of hydrogen-bond acceptors (Lipinski definition) is 4. The summed E-state index contributed by atoms with van der Waals surface area (Å²) in [5.41, 5.74) is 1.000. The van der Waals surface area contributed by atoms with E-state index in [2.05, 4.69) is 12.2 Å². The normalized spacial score (nSPS) is 14.0. The molecule has 0 unspecified atom stereocenters. The highest BCUT2D eigenvalue weighted by Gasteiger charge is 2.17. The molecule has 2 heterocycles. The molecular weight excluding hydrogens is 286 g/mol. The van der Waals surface area contributed by atoms with Crippen LogP contribution in [-0.2, 0) is 6.42 Å². The van der Waals surface area contributed by atoms with Crippen LogP contribution in [0.4, 0.5) is 0 Å². The van der Waals surface area contributed by atoms with Crippen molar-refractivity contribution in [2.75, 3.05) is 6.79 Å². The zero-order valence-corrected chi connectivity index (χ0v) is 12.8. The highest BCUT2D eigenvalue weighted by Crippen LogP contribution is 2.34. The highest BCUT2D eigenvalue weighted by atomic mass is 32.1. The Labute approximate surface area is 127 Å². The number of fused-ring (bicyclic) bond motifs is 1. The lowest BCUT2D eigenvalue weighted by molar-refractivity contribution is 0.0944. The molecule has 1 aliphatic rings. The minimum Gasteiger partial charge on any atom is -0.454 e. The summed E-state index contributed by atoms with van der Waals surface area (Å²) >= 11 is 1.54. The van der Waals surface area contributed by atoms with Crippen molar-refractivity contribution >= 4 is 17.2 Å². The van der Waals surface area contributed by atoms with Gasteiger partial charge in [-0.2, -0.15) is 0 Å². The largest absolute Gasteiger partial charge is 0.454 e. The van der Waals surface area contributed by atoms with Gasteiger partial charge < -0.3 is 14.8 Å². The lowest BCUT2D eigenvalue weighted by Gasteiger charge is -2.14. The number of carbonyl (C=O) groups excluding carboxylic acids is 1. The number of thiophene rings is 1. The van der Waals surface area contributed by atoms with Gasteiger partial charge in [-0.3, -0.25) is 4.79 Å². The Bertz CT molecular complexity index is 665. The first-order chi connectivity index (χ1) is 10.2. The van der Waals surface area contributed by atoms with Crippen molar-refractivity contribution in [3.63, 3.8) is 0 Å². The van der Waals surface area contributed by atoms with E-state index in [0.29, 0.717) is 0 Å². The molecule has 4 nitrogen and oxygen atoms in total. The van der Waals surface area contributed by atoms with E-state index in [4.69, 9.17) is 9.47 Å². The van der Waals surface area contributed by atoms with E-state index in [1.807, 2.05) is 37.3 Å². The van der Waals surface area contributed by atoms with Gasteiger partial charge >= 0.3 is 0 Å². The van der Waals surface area contributed by atoms with Crippen LogP contribution in [0.5, 0.6) is 11.5 Å². The van der Waals surface area contributed by atoms with Crippen LogP contribution in [0.25, 0.3) is 0 Å². The van der Waals surface area contributed by atoms with Gasteiger partial charge in [0.25, 0.3) is 5.91 Å². The maximum Gasteiger partial charge on any atom is 0.261 e. The van der Waals surface area contributed by atoms with Gasteiger partial charge in [0.15, 0.2) is 11.5 Å². The van der Waals surface area contributed by atoms with Crippen molar-refractivity contribution in [2.24, 2.45) is 0 Å². The van der Waals surface area contributed by atoms with Gasteiger partial charge in [0, 0.05) is 4.88 Å². The standard InChI is InChI=1S/C16H17NO3S/c1-3-12-5-7-15(21-12)16(18)17-10(2)11-4-6-13-14(8-11)20-9-19-13/h4-8,10H,3,9H2,1-2H3,(H,17,18)/t10-/m1/s1. The molecule has 1 aliphatic heterocycles. The Kier molecular flexibility index (Phi) is 3.84. The number of benzene rings is 1. The maximum atomic E-state index is 12.2. The van der Waals surface area contributed by atoms with Gasteiger partial charge in [0.1, 0.15) is 0 Å². The molecule has 1 aromatic heterocycles. The predicted molar refractivity (Wildman–Crippen MR) is 82.1 cm³/mol. The van der Waals surface area contributed by atoms with Crippen LogP contribution >= 0.6 is 11.3 Å². The molecule has 0 bridgehead atoms. The molecular formula is C16H17NO3S. The molecule has 2 aromatic rings. The zero-order valence-electron chi connectivity index (χ0n) is 12.0. The van der Waals surface area contributed by atoms with Crippen molar-refractivity contribution in [3.05, 3.63) is 45.6 Å². The third-order valence-corrected chi connectivity index (χ3v) is 4.71. The minimum atomic E-state index is -0.0841. The summed E-state index contributed by atoms with van der Waals surface area (Å²) in [5, 5.41) is 3.02. The second-order valence-electron chi connectivity index (χ2n) is 4.93. The van der Waals surface area contributed by atoms with Gasteiger partial charge in [0.05, 0.1) is 10.9 Å². The number of amides is 1. The number of carbonyl (C=O) groups is 1. The first-order valence-corrected chi connectivity index (χ1v) is 7.78. The quantitative estimate of drug-likeness (QED) is 0.940. The van der Waals surface area contributed by atoms with Crippen LogP contribution in [0.2, 0.25) is 0 Å². The molecule has 3 rings (SSSR count). The number of hydrogen-bond donors (Lipinski definition) is 1. The SMILES string of the molecule is CCc1ccc(C(=O)N[C@H](C)c2ccc3c(c2)OCO3)s1. The third-order valence-electron chi connectivity index (χ3n) is 3.48. The smallest absolute Gasteiger partial charge is 0.261 e. The van der Waals surface area contributed by atoms with Crippen molar-refractivity contribution < 1.29 is 14.3 Å². The number of aryl methyl sites for hydroxylation is 1. The molecule has 0 saturated carbocycles. The Morgan fingerprint density at radius 3 is 2.86 bits per heavy atom. The van der Waals surface area contributed by atoms with Gasteiger partial charge in [-0.05, 0) is 43.2 Å². The third kappa shape index (κ3) is 2.88. The molecule has 110 valence electrons. The van der Waals surface area contributed by atoms with Crippen LogP contribution < -0.4 is 14.8 Å². The van der Waals surface area contributed by atoms with Crippen molar-refractivity contribution in [1.82, 2.24) is 5.32 Å². The first kappa shape index (κ1) is 13.9. The Balaban J connectivity index is 1.70. The lowest BCUT2D eigenvalue weighted by Crippen LogP contribution is -2.25. The molecule has 0 radical (unpaired) electrons. The predicted octanol–water partition coefficient (Wildman–Crippen LogP) is 3.53. The van der Waals surface area contributed by atoms with Crippen molar-refractivity contribution in [1.29, 1.82) is 0 Å². The van der Waals surface area contributed by atoms with Crippen LogP contribution in [-0.4, -0.2) is 12.7 Å². The number of ether oxygens (including phenoxy) is 2. The highest BCUT2D eigenvalue weighted by molar-refractivity contribution is 7.14. The molecule has 21 heavy (non-hydrogen) atoms. The molecule has 5 heteroatoms. The summed E-state index contributed by atoms with van der Waals surface area (Å²) in [6.07, 6.45) is 0.954.